The van der Waals surface area contributed by atoms with Crippen LogP contribution in [0.2, 0.25) is 0 Å². The van der Waals surface area contributed by atoms with Crippen LogP contribution in [0.25, 0.3) is 0 Å². The Morgan fingerprint density at radius 2 is 2.06 bits per heavy atom. The van der Waals surface area contributed by atoms with Gasteiger partial charge in [0.15, 0.2) is 0 Å². The molecule has 1 atom stereocenters. The summed E-state index contributed by atoms with van der Waals surface area (Å²) in [6.45, 7) is 1.94. The van der Waals surface area contributed by atoms with Gasteiger partial charge in [0.2, 0.25) is 5.91 Å². The van der Waals surface area contributed by atoms with Crippen molar-refractivity contribution in [2.45, 2.75) is 32.6 Å². The van der Waals surface area contributed by atoms with Crippen LogP contribution in [-0.2, 0) is 9.59 Å². The number of Topliss-reactive ketones (excluding diaryl/α,β-unsaturated/α-hetero) is 1. The number of aryl methyl sites for hydroxylation is 1. The van der Waals surface area contributed by atoms with Crippen LogP contribution in [0.4, 0.5) is 5.69 Å². The maximum Gasteiger partial charge on any atom is 0.234 e. The number of carbonyl (C=O) groups excluding carboxylic acids is 2. The van der Waals surface area contributed by atoms with E-state index in [1.807, 2.05) is 31.2 Å². The molecule has 1 aromatic carbocycles. The number of benzene rings is 1. The van der Waals surface area contributed by atoms with Gasteiger partial charge in [-0.15, -0.1) is 0 Å². The van der Waals surface area contributed by atoms with Crippen LogP contribution in [0.1, 0.15) is 31.2 Å². The van der Waals surface area contributed by atoms with E-state index >= 15 is 0 Å². The van der Waals surface area contributed by atoms with E-state index in [9.17, 15) is 9.59 Å². The number of ketones is 1. The van der Waals surface area contributed by atoms with Gasteiger partial charge in [-0.25, -0.2) is 0 Å². The Bertz CT molecular complexity index is 440. The monoisotopic (exact) mass is 231 g/mol. The summed E-state index contributed by atoms with van der Waals surface area (Å²) >= 11 is 0. The van der Waals surface area contributed by atoms with Gasteiger partial charge >= 0.3 is 0 Å². The van der Waals surface area contributed by atoms with Crippen LogP contribution in [0.15, 0.2) is 24.3 Å². The van der Waals surface area contributed by atoms with Crippen LogP contribution < -0.4 is 5.32 Å². The first-order valence-corrected chi connectivity index (χ1v) is 6.07. The Morgan fingerprint density at radius 1 is 1.29 bits per heavy atom. The lowest BCUT2D eigenvalue weighted by molar-refractivity contribution is -0.132. The fraction of sp³-hybridized carbons (Fsp3) is 0.429. The molecule has 1 fully saturated rings. The first-order valence-electron chi connectivity index (χ1n) is 6.07. The summed E-state index contributed by atoms with van der Waals surface area (Å²) in [5.74, 6) is -0.505. The number of carbonyl (C=O) groups is 2. The van der Waals surface area contributed by atoms with Gasteiger partial charge in [0.1, 0.15) is 5.78 Å². The Hall–Kier alpha value is -1.64. The third-order valence-electron chi connectivity index (χ3n) is 3.27. The molecule has 0 aromatic heterocycles. The van der Waals surface area contributed by atoms with Gasteiger partial charge in [0, 0.05) is 12.1 Å². The fourth-order valence-electron chi connectivity index (χ4n) is 2.19. The van der Waals surface area contributed by atoms with E-state index in [1.165, 1.54) is 0 Å². The van der Waals surface area contributed by atoms with E-state index < -0.39 is 5.92 Å². The van der Waals surface area contributed by atoms with Gasteiger partial charge in [-0.3, -0.25) is 9.59 Å². The number of rotatable bonds is 2. The lowest BCUT2D eigenvalue weighted by Crippen LogP contribution is -2.32. The molecule has 3 heteroatoms. The molecule has 2 rings (SSSR count). The standard InChI is InChI=1S/C14H17NO2/c1-10-6-2-4-8-12(10)15-14(17)11-7-3-5-9-13(11)16/h2,4,6,8,11H,3,5,7,9H2,1H3,(H,15,17). The van der Waals surface area contributed by atoms with Crippen molar-refractivity contribution in [3.8, 4) is 0 Å². The Labute approximate surface area is 101 Å². The second kappa shape index (κ2) is 5.13. The predicted molar refractivity (Wildman–Crippen MR) is 66.8 cm³/mol. The Balaban J connectivity index is 2.06. The minimum absolute atomic E-state index is 0.0855. The average molecular weight is 231 g/mol. The average Bonchev–Trinajstić information content (AvgIpc) is 2.32. The van der Waals surface area contributed by atoms with Crippen LogP contribution >= 0.6 is 0 Å². The van der Waals surface area contributed by atoms with E-state index in [0.29, 0.717) is 12.8 Å². The van der Waals surface area contributed by atoms with E-state index in [4.69, 9.17) is 0 Å². The molecule has 1 aliphatic rings. The molecule has 0 radical (unpaired) electrons. The third-order valence-corrected chi connectivity index (χ3v) is 3.27. The molecular formula is C14H17NO2. The molecule has 17 heavy (non-hydrogen) atoms. The molecular weight excluding hydrogens is 214 g/mol. The summed E-state index contributed by atoms with van der Waals surface area (Å²) in [6, 6.07) is 7.61. The van der Waals surface area contributed by atoms with Gasteiger partial charge in [0.25, 0.3) is 0 Å². The SMILES string of the molecule is Cc1ccccc1NC(=O)C1CCCCC1=O. The molecule has 1 aromatic rings. The zero-order valence-electron chi connectivity index (χ0n) is 10.0. The molecule has 0 heterocycles. The second-order valence-electron chi connectivity index (χ2n) is 4.57. The predicted octanol–water partition coefficient (Wildman–Crippen LogP) is 2.69. The van der Waals surface area contributed by atoms with Gasteiger partial charge < -0.3 is 5.32 Å². The minimum Gasteiger partial charge on any atom is -0.325 e. The van der Waals surface area contributed by atoms with Crippen LogP contribution in [0, 0.1) is 12.8 Å². The maximum atomic E-state index is 12.0. The highest BCUT2D eigenvalue weighted by atomic mass is 16.2. The number of nitrogens with one attached hydrogen (secondary N) is 1. The summed E-state index contributed by atoms with van der Waals surface area (Å²) in [4.78, 5) is 23.6. The first-order chi connectivity index (χ1) is 8.18. The molecule has 90 valence electrons. The number of hydrogen-bond acceptors (Lipinski definition) is 2. The number of anilines is 1. The molecule has 1 aliphatic carbocycles. The summed E-state index contributed by atoms with van der Waals surface area (Å²) in [6.07, 6.45) is 3.13. The van der Waals surface area contributed by atoms with Crippen molar-refractivity contribution in [3.63, 3.8) is 0 Å². The lowest BCUT2D eigenvalue weighted by Gasteiger charge is -2.20. The van der Waals surface area contributed by atoms with E-state index in [0.717, 1.165) is 24.1 Å². The van der Waals surface area contributed by atoms with Crippen LogP contribution in [-0.4, -0.2) is 11.7 Å². The van der Waals surface area contributed by atoms with Crippen molar-refractivity contribution in [2.24, 2.45) is 5.92 Å². The minimum atomic E-state index is -0.441. The van der Waals surface area contributed by atoms with Gasteiger partial charge in [0.05, 0.1) is 5.92 Å². The number of para-hydroxylation sites is 1. The van der Waals surface area contributed by atoms with E-state index in [2.05, 4.69) is 5.32 Å². The molecule has 3 nitrogen and oxygen atoms in total. The second-order valence-corrected chi connectivity index (χ2v) is 4.57. The summed E-state index contributed by atoms with van der Waals surface area (Å²) in [7, 11) is 0. The van der Waals surface area contributed by atoms with Crippen molar-refractivity contribution >= 4 is 17.4 Å². The summed E-state index contributed by atoms with van der Waals surface area (Å²) in [5, 5.41) is 2.85. The topological polar surface area (TPSA) is 46.2 Å². The van der Waals surface area contributed by atoms with Crippen molar-refractivity contribution < 1.29 is 9.59 Å². The molecule has 1 saturated carbocycles. The van der Waals surface area contributed by atoms with Crippen molar-refractivity contribution in [2.75, 3.05) is 5.32 Å². The smallest absolute Gasteiger partial charge is 0.234 e. The quantitative estimate of drug-likeness (QED) is 0.795. The fourth-order valence-corrected chi connectivity index (χ4v) is 2.19. The van der Waals surface area contributed by atoms with Gasteiger partial charge in [-0.2, -0.15) is 0 Å². The van der Waals surface area contributed by atoms with Crippen LogP contribution in [0.3, 0.4) is 0 Å². The van der Waals surface area contributed by atoms with Gasteiger partial charge in [-0.05, 0) is 31.4 Å². The molecule has 0 saturated heterocycles. The zero-order chi connectivity index (χ0) is 12.3. The molecule has 1 amide bonds. The molecule has 1 unspecified atom stereocenters. The zero-order valence-corrected chi connectivity index (χ0v) is 10.0. The van der Waals surface area contributed by atoms with E-state index in [1.54, 1.807) is 0 Å². The lowest BCUT2D eigenvalue weighted by atomic mass is 9.87. The summed E-state index contributed by atoms with van der Waals surface area (Å²) < 4.78 is 0. The van der Waals surface area contributed by atoms with Crippen LogP contribution in [0.5, 0.6) is 0 Å². The number of amides is 1. The van der Waals surface area contributed by atoms with E-state index in [-0.39, 0.29) is 11.7 Å². The molecule has 1 N–H and O–H groups in total. The normalized spacial score (nSPS) is 20.1. The van der Waals surface area contributed by atoms with Crippen molar-refractivity contribution in [1.82, 2.24) is 0 Å². The molecule has 0 bridgehead atoms. The Kier molecular flexibility index (Phi) is 3.57. The third kappa shape index (κ3) is 2.73. The molecule has 0 spiro atoms. The Morgan fingerprint density at radius 3 is 2.76 bits per heavy atom. The highest BCUT2D eigenvalue weighted by Gasteiger charge is 2.28. The number of hydrogen-bond donors (Lipinski definition) is 1. The first kappa shape index (κ1) is 11.8. The highest BCUT2D eigenvalue weighted by Crippen LogP contribution is 2.23. The molecule has 0 aliphatic heterocycles. The highest BCUT2D eigenvalue weighted by molar-refractivity contribution is 6.07. The maximum absolute atomic E-state index is 12.0. The van der Waals surface area contributed by atoms with Crippen molar-refractivity contribution in [3.05, 3.63) is 29.8 Å². The largest absolute Gasteiger partial charge is 0.325 e. The van der Waals surface area contributed by atoms with Gasteiger partial charge in [-0.1, -0.05) is 24.6 Å². The summed E-state index contributed by atoms with van der Waals surface area (Å²) in [5.41, 5.74) is 1.82. The van der Waals surface area contributed by atoms with Crippen molar-refractivity contribution in [1.29, 1.82) is 0 Å².